The lowest BCUT2D eigenvalue weighted by molar-refractivity contribution is 0.0695. The van der Waals surface area contributed by atoms with E-state index in [4.69, 9.17) is 4.98 Å². The lowest BCUT2D eigenvalue weighted by atomic mass is 9.82. The van der Waals surface area contributed by atoms with E-state index in [1.165, 1.54) is 11.1 Å². The smallest absolute Gasteiger partial charge is 0.336 e. The molecule has 2 heterocycles. The molecule has 28 heavy (non-hydrogen) atoms. The van der Waals surface area contributed by atoms with E-state index in [0.29, 0.717) is 12.1 Å². The molecule has 2 N–H and O–H groups in total. The van der Waals surface area contributed by atoms with Crippen LogP contribution in [0.1, 0.15) is 39.3 Å². The molecule has 142 valence electrons. The second kappa shape index (κ2) is 5.96. The van der Waals surface area contributed by atoms with Gasteiger partial charge in [-0.25, -0.2) is 9.78 Å². The van der Waals surface area contributed by atoms with Crippen molar-refractivity contribution >= 4 is 22.7 Å². The van der Waals surface area contributed by atoms with Gasteiger partial charge in [0.2, 0.25) is 0 Å². The molecule has 0 unspecified atom stereocenters. The minimum Gasteiger partial charge on any atom is -0.478 e. The van der Waals surface area contributed by atoms with Gasteiger partial charge in [0.05, 0.1) is 16.8 Å². The highest BCUT2D eigenvalue weighted by atomic mass is 16.4. The molecule has 1 aliphatic carbocycles. The highest BCUT2D eigenvalue weighted by Gasteiger charge is 2.41. The monoisotopic (exact) mass is 373 g/mol. The van der Waals surface area contributed by atoms with Crippen molar-refractivity contribution in [1.29, 1.82) is 0 Å². The molecule has 5 nitrogen and oxygen atoms in total. The lowest BCUT2D eigenvalue weighted by Crippen LogP contribution is -2.43. The number of aryl methyl sites for hydroxylation is 1. The molecule has 0 bridgehead atoms. The first-order chi connectivity index (χ1) is 13.5. The van der Waals surface area contributed by atoms with Crippen molar-refractivity contribution in [3.63, 3.8) is 0 Å². The number of aromatic carboxylic acids is 1. The molecular formula is C23H23N3O2. The summed E-state index contributed by atoms with van der Waals surface area (Å²) in [5, 5.41) is 13.6. The molecule has 1 aromatic heterocycles. The van der Waals surface area contributed by atoms with E-state index in [0.717, 1.165) is 53.8 Å². The number of nitrogens with zero attached hydrogens (tertiary/aromatic N) is 2. The maximum absolute atomic E-state index is 12.0. The number of carbonyl (C=O) groups is 1. The van der Waals surface area contributed by atoms with Crippen LogP contribution in [0.25, 0.3) is 11.0 Å². The molecule has 0 atom stereocenters. The molecular weight excluding hydrogens is 350 g/mol. The molecule has 1 spiro atoms. The van der Waals surface area contributed by atoms with Gasteiger partial charge in [0, 0.05) is 12.1 Å². The second-order valence-corrected chi connectivity index (χ2v) is 8.04. The van der Waals surface area contributed by atoms with Crippen molar-refractivity contribution in [2.24, 2.45) is 0 Å². The topological polar surface area (TPSA) is 67.2 Å². The average molecular weight is 373 g/mol. The fourth-order valence-corrected chi connectivity index (χ4v) is 5.01. The zero-order chi connectivity index (χ0) is 19.5. The molecule has 0 saturated carbocycles. The second-order valence-electron chi connectivity index (χ2n) is 8.04. The van der Waals surface area contributed by atoms with Crippen LogP contribution >= 0.6 is 0 Å². The van der Waals surface area contributed by atoms with E-state index in [-0.39, 0.29) is 5.54 Å². The van der Waals surface area contributed by atoms with Crippen molar-refractivity contribution in [1.82, 2.24) is 9.55 Å². The zero-order valence-electron chi connectivity index (χ0n) is 16.0. The van der Waals surface area contributed by atoms with Crippen LogP contribution in [0, 0.1) is 6.92 Å². The van der Waals surface area contributed by atoms with Crippen LogP contribution in [0.3, 0.4) is 0 Å². The van der Waals surface area contributed by atoms with Crippen LogP contribution in [0.4, 0.5) is 5.69 Å². The summed E-state index contributed by atoms with van der Waals surface area (Å²) in [4.78, 5) is 16.8. The Balaban J connectivity index is 1.68. The van der Waals surface area contributed by atoms with E-state index in [2.05, 4.69) is 36.2 Å². The number of carboxylic acids is 1. The number of carboxylic acid groups (broad SMARTS) is 1. The van der Waals surface area contributed by atoms with Crippen LogP contribution in [0.2, 0.25) is 0 Å². The molecule has 2 aromatic carbocycles. The predicted molar refractivity (Wildman–Crippen MR) is 110 cm³/mol. The number of allylic oxidation sites excluding steroid dienone is 1. The Hall–Kier alpha value is -3.08. The van der Waals surface area contributed by atoms with Crippen LogP contribution in [-0.4, -0.2) is 26.2 Å². The summed E-state index contributed by atoms with van der Waals surface area (Å²) in [5.74, 6) is -0.00890. The number of benzene rings is 2. The summed E-state index contributed by atoms with van der Waals surface area (Å²) in [6.45, 7) is 6.40. The molecule has 0 fully saturated rings. The molecule has 5 rings (SSSR count). The Morgan fingerprint density at radius 3 is 2.71 bits per heavy atom. The summed E-state index contributed by atoms with van der Waals surface area (Å²) in [6, 6.07) is 10.4. The van der Waals surface area contributed by atoms with Crippen LogP contribution in [-0.2, 0) is 25.8 Å². The fourth-order valence-electron chi connectivity index (χ4n) is 5.01. The van der Waals surface area contributed by atoms with Gasteiger partial charge in [-0.05, 0) is 55.4 Å². The van der Waals surface area contributed by atoms with Gasteiger partial charge in [0.25, 0.3) is 0 Å². The largest absolute Gasteiger partial charge is 0.478 e. The minimum absolute atomic E-state index is 0.0587. The van der Waals surface area contributed by atoms with Gasteiger partial charge in [-0.1, -0.05) is 30.3 Å². The SMILES string of the molecule is C=CCn1c(C)nc2c3c(c(C(=O)O)cc21)CCC1(Cc2ccccc2C1)N3. The number of hydrogen-bond acceptors (Lipinski definition) is 3. The van der Waals surface area contributed by atoms with Crippen LogP contribution in [0.15, 0.2) is 43.0 Å². The summed E-state index contributed by atoms with van der Waals surface area (Å²) < 4.78 is 2.03. The number of fused-ring (bicyclic) bond motifs is 4. The Labute approximate surface area is 163 Å². The van der Waals surface area contributed by atoms with Crippen LogP contribution in [0.5, 0.6) is 0 Å². The predicted octanol–water partition coefficient (Wildman–Crippen LogP) is 4.12. The maximum Gasteiger partial charge on any atom is 0.336 e. The number of nitrogens with one attached hydrogen (secondary N) is 1. The Morgan fingerprint density at radius 1 is 1.36 bits per heavy atom. The quantitative estimate of drug-likeness (QED) is 0.678. The van der Waals surface area contributed by atoms with Gasteiger partial charge in [0.1, 0.15) is 11.3 Å². The molecule has 0 saturated heterocycles. The lowest BCUT2D eigenvalue weighted by Gasteiger charge is -2.37. The molecule has 3 aromatic rings. The molecule has 0 amide bonds. The van der Waals surface area contributed by atoms with Crippen molar-refractivity contribution < 1.29 is 9.90 Å². The Bertz CT molecular complexity index is 1120. The first kappa shape index (κ1) is 17.0. The number of anilines is 1. The Morgan fingerprint density at radius 2 is 2.07 bits per heavy atom. The van der Waals surface area contributed by atoms with Gasteiger partial charge in [-0.2, -0.15) is 0 Å². The Kier molecular flexibility index (Phi) is 3.63. The van der Waals surface area contributed by atoms with E-state index < -0.39 is 5.97 Å². The third-order valence-electron chi connectivity index (χ3n) is 6.30. The van der Waals surface area contributed by atoms with Crippen molar-refractivity contribution in [3.05, 3.63) is 71.1 Å². The average Bonchev–Trinajstić information content (AvgIpc) is 3.18. The van der Waals surface area contributed by atoms with Gasteiger partial charge < -0.3 is 15.0 Å². The van der Waals surface area contributed by atoms with Gasteiger partial charge >= 0.3 is 5.97 Å². The van der Waals surface area contributed by atoms with Crippen LogP contribution < -0.4 is 5.32 Å². The number of imidazole rings is 1. The normalized spacial score (nSPS) is 16.6. The zero-order valence-corrected chi connectivity index (χ0v) is 16.0. The van der Waals surface area contributed by atoms with Crippen molar-refractivity contribution in [3.8, 4) is 0 Å². The number of hydrogen-bond donors (Lipinski definition) is 2. The number of aromatic nitrogens is 2. The van der Waals surface area contributed by atoms with E-state index in [1.54, 1.807) is 6.07 Å². The highest BCUT2D eigenvalue weighted by molar-refractivity contribution is 6.02. The highest BCUT2D eigenvalue weighted by Crippen LogP contribution is 2.44. The third-order valence-corrected chi connectivity index (χ3v) is 6.30. The first-order valence-corrected chi connectivity index (χ1v) is 9.73. The fraction of sp³-hybridized carbons (Fsp3) is 0.304. The van der Waals surface area contributed by atoms with E-state index in [9.17, 15) is 9.90 Å². The van der Waals surface area contributed by atoms with Gasteiger partial charge in [0.15, 0.2) is 0 Å². The summed E-state index contributed by atoms with van der Waals surface area (Å²) in [5.41, 5.74) is 6.60. The standard InChI is InChI=1S/C23H23N3O2/c1-3-10-26-14(2)24-21-19(26)11-18(22(27)28)17-8-9-23(25-20(17)21)12-15-6-4-5-7-16(15)13-23/h3-7,11,25H,1,8-10,12-13H2,2H3,(H,27,28). The van der Waals surface area contributed by atoms with E-state index in [1.807, 2.05) is 17.6 Å². The van der Waals surface area contributed by atoms with Crippen molar-refractivity contribution in [2.75, 3.05) is 5.32 Å². The third kappa shape index (κ3) is 2.39. The maximum atomic E-state index is 12.0. The van der Waals surface area contributed by atoms with Crippen molar-refractivity contribution in [2.45, 2.75) is 44.7 Å². The van der Waals surface area contributed by atoms with Gasteiger partial charge in [-0.3, -0.25) is 0 Å². The number of rotatable bonds is 3. The van der Waals surface area contributed by atoms with Gasteiger partial charge in [-0.15, -0.1) is 6.58 Å². The summed E-state index contributed by atoms with van der Waals surface area (Å²) >= 11 is 0. The summed E-state index contributed by atoms with van der Waals surface area (Å²) in [7, 11) is 0. The minimum atomic E-state index is -0.880. The molecule has 1 aliphatic heterocycles. The molecule has 0 radical (unpaired) electrons. The summed E-state index contributed by atoms with van der Waals surface area (Å²) in [6.07, 6.45) is 5.42. The first-order valence-electron chi connectivity index (χ1n) is 9.73. The van der Waals surface area contributed by atoms with E-state index >= 15 is 0 Å². The molecule has 5 heteroatoms. The molecule has 2 aliphatic rings.